The summed E-state index contributed by atoms with van der Waals surface area (Å²) in [6, 6.07) is 7.12. The first-order valence-electron chi connectivity index (χ1n) is 7.13. The summed E-state index contributed by atoms with van der Waals surface area (Å²) in [5.74, 6) is 0.178. The van der Waals surface area contributed by atoms with Crippen molar-refractivity contribution in [2.45, 2.75) is 52.7 Å². The highest BCUT2D eigenvalue weighted by Crippen LogP contribution is 2.17. The Bertz CT molecular complexity index is 466. The molecule has 0 aromatic heterocycles. The maximum Gasteiger partial charge on any atom is 0.306 e. The smallest absolute Gasteiger partial charge is 0.306 e. The van der Waals surface area contributed by atoms with Crippen molar-refractivity contribution in [2.75, 3.05) is 5.32 Å². The highest BCUT2D eigenvalue weighted by Gasteiger charge is 2.09. The number of hydrogen-bond donors (Lipinski definition) is 1. The SMILES string of the molecule is CC(C)OC(=O)CCC(=O)Nc1ccc(OC(C)C)cc1. The van der Waals surface area contributed by atoms with Gasteiger partial charge in [-0.15, -0.1) is 0 Å². The molecule has 0 heterocycles. The van der Waals surface area contributed by atoms with Crippen LogP contribution in [0.3, 0.4) is 0 Å². The predicted octanol–water partition coefficient (Wildman–Crippen LogP) is 3.14. The van der Waals surface area contributed by atoms with Gasteiger partial charge in [0.25, 0.3) is 0 Å². The zero-order valence-electron chi connectivity index (χ0n) is 13.0. The molecule has 5 heteroatoms. The summed E-state index contributed by atoms with van der Waals surface area (Å²) in [7, 11) is 0. The first-order valence-corrected chi connectivity index (χ1v) is 7.13. The van der Waals surface area contributed by atoms with Crippen LogP contribution in [-0.2, 0) is 14.3 Å². The Balaban J connectivity index is 2.39. The maximum absolute atomic E-state index is 11.7. The molecule has 0 saturated carbocycles. The van der Waals surface area contributed by atoms with E-state index in [2.05, 4.69) is 5.32 Å². The second-order valence-corrected chi connectivity index (χ2v) is 5.28. The summed E-state index contributed by atoms with van der Waals surface area (Å²) in [5.41, 5.74) is 0.674. The largest absolute Gasteiger partial charge is 0.491 e. The van der Waals surface area contributed by atoms with E-state index in [1.54, 1.807) is 38.1 Å². The fraction of sp³-hybridized carbons (Fsp3) is 0.500. The third-order valence-corrected chi connectivity index (χ3v) is 2.43. The van der Waals surface area contributed by atoms with E-state index in [0.717, 1.165) is 5.75 Å². The predicted molar refractivity (Wildman–Crippen MR) is 81.3 cm³/mol. The molecule has 0 aliphatic rings. The Morgan fingerprint density at radius 2 is 1.62 bits per heavy atom. The van der Waals surface area contributed by atoms with Crippen molar-refractivity contribution >= 4 is 17.6 Å². The molecule has 0 radical (unpaired) electrons. The summed E-state index contributed by atoms with van der Waals surface area (Å²) in [5, 5.41) is 2.73. The van der Waals surface area contributed by atoms with E-state index < -0.39 is 0 Å². The van der Waals surface area contributed by atoms with Gasteiger partial charge in [0.05, 0.1) is 18.6 Å². The lowest BCUT2D eigenvalue weighted by Crippen LogP contribution is -2.16. The average molecular weight is 293 g/mol. The lowest BCUT2D eigenvalue weighted by atomic mass is 10.2. The van der Waals surface area contributed by atoms with Crippen LogP contribution in [0.2, 0.25) is 0 Å². The van der Waals surface area contributed by atoms with Crippen molar-refractivity contribution in [1.29, 1.82) is 0 Å². The molecule has 0 atom stereocenters. The van der Waals surface area contributed by atoms with E-state index in [1.807, 2.05) is 13.8 Å². The number of anilines is 1. The lowest BCUT2D eigenvalue weighted by Gasteiger charge is -2.11. The van der Waals surface area contributed by atoms with Gasteiger partial charge in [-0.05, 0) is 52.0 Å². The van der Waals surface area contributed by atoms with Gasteiger partial charge in [0.2, 0.25) is 5.91 Å². The zero-order chi connectivity index (χ0) is 15.8. The Hall–Kier alpha value is -2.04. The van der Waals surface area contributed by atoms with E-state index in [0.29, 0.717) is 5.69 Å². The van der Waals surface area contributed by atoms with Crippen molar-refractivity contribution in [3.63, 3.8) is 0 Å². The van der Waals surface area contributed by atoms with Crippen LogP contribution < -0.4 is 10.1 Å². The number of benzene rings is 1. The van der Waals surface area contributed by atoms with Crippen molar-refractivity contribution < 1.29 is 19.1 Å². The molecular weight excluding hydrogens is 270 g/mol. The normalized spacial score (nSPS) is 10.6. The summed E-state index contributed by atoms with van der Waals surface area (Å²) in [4.78, 5) is 23.1. The second kappa shape index (κ2) is 8.29. The number of carbonyl (C=O) groups excluding carboxylic acids is 2. The molecule has 0 bridgehead atoms. The van der Waals surface area contributed by atoms with Crippen LogP contribution in [0.5, 0.6) is 5.75 Å². The van der Waals surface area contributed by atoms with E-state index in [-0.39, 0.29) is 36.9 Å². The Labute approximate surface area is 125 Å². The molecule has 116 valence electrons. The van der Waals surface area contributed by atoms with E-state index in [9.17, 15) is 9.59 Å². The van der Waals surface area contributed by atoms with E-state index in [4.69, 9.17) is 9.47 Å². The first-order chi connectivity index (χ1) is 9.86. The number of carbonyl (C=O) groups is 2. The lowest BCUT2D eigenvalue weighted by molar-refractivity contribution is -0.148. The monoisotopic (exact) mass is 293 g/mol. The number of esters is 1. The van der Waals surface area contributed by atoms with Crippen molar-refractivity contribution in [3.8, 4) is 5.75 Å². The molecule has 21 heavy (non-hydrogen) atoms. The summed E-state index contributed by atoms with van der Waals surface area (Å²) >= 11 is 0. The van der Waals surface area contributed by atoms with Crippen LogP contribution in [0.1, 0.15) is 40.5 Å². The summed E-state index contributed by atoms with van der Waals surface area (Å²) in [6.07, 6.45) is 0.139. The molecule has 5 nitrogen and oxygen atoms in total. The number of rotatable bonds is 7. The minimum atomic E-state index is -0.360. The van der Waals surface area contributed by atoms with Gasteiger partial charge in [0, 0.05) is 12.1 Å². The topological polar surface area (TPSA) is 64.6 Å². The zero-order valence-corrected chi connectivity index (χ0v) is 13.0. The fourth-order valence-corrected chi connectivity index (χ4v) is 1.65. The molecule has 0 saturated heterocycles. The summed E-state index contributed by atoms with van der Waals surface area (Å²) < 4.78 is 10.5. The van der Waals surface area contributed by atoms with Crippen molar-refractivity contribution in [1.82, 2.24) is 0 Å². The van der Waals surface area contributed by atoms with Gasteiger partial charge in [0.15, 0.2) is 0 Å². The average Bonchev–Trinajstić information content (AvgIpc) is 2.37. The van der Waals surface area contributed by atoms with Gasteiger partial charge in [-0.25, -0.2) is 0 Å². The van der Waals surface area contributed by atoms with Crippen LogP contribution >= 0.6 is 0 Å². The molecule has 1 N–H and O–H groups in total. The quantitative estimate of drug-likeness (QED) is 0.784. The fourth-order valence-electron chi connectivity index (χ4n) is 1.65. The van der Waals surface area contributed by atoms with E-state index >= 15 is 0 Å². The molecule has 0 aliphatic carbocycles. The van der Waals surface area contributed by atoms with Crippen LogP contribution in [0.15, 0.2) is 24.3 Å². The Morgan fingerprint density at radius 3 is 2.14 bits per heavy atom. The summed E-state index contributed by atoms with van der Waals surface area (Å²) in [6.45, 7) is 7.45. The van der Waals surface area contributed by atoms with Gasteiger partial charge >= 0.3 is 5.97 Å². The molecule has 0 fully saturated rings. The number of hydrogen-bond acceptors (Lipinski definition) is 4. The molecule has 0 spiro atoms. The number of ether oxygens (including phenoxy) is 2. The van der Waals surface area contributed by atoms with Gasteiger partial charge in [-0.2, -0.15) is 0 Å². The van der Waals surface area contributed by atoms with Gasteiger partial charge < -0.3 is 14.8 Å². The molecule has 1 aromatic carbocycles. The second-order valence-electron chi connectivity index (χ2n) is 5.28. The minimum Gasteiger partial charge on any atom is -0.491 e. The standard InChI is InChI=1S/C16H23NO4/c1-11(2)20-14-7-5-13(6-8-14)17-15(18)9-10-16(19)21-12(3)4/h5-8,11-12H,9-10H2,1-4H3,(H,17,18). The van der Waals surface area contributed by atoms with Gasteiger partial charge in [-0.3, -0.25) is 9.59 Å². The molecule has 1 rings (SSSR count). The van der Waals surface area contributed by atoms with Crippen LogP contribution in [0.4, 0.5) is 5.69 Å². The molecule has 0 unspecified atom stereocenters. The minimum absolute atomic E-state index is 0.0819. The maximum atomic E-state index is 11.7. The van der Waals surface area contributed by atoms with Gasteiger partial charge in [-0.1, -0.05) is 0 Å². The first kappa shape index (κ1) is 17.0. The van der Waals surface area contributed by atoms with Crippen LogP contribution in [-0.4, -0.2) is 24.1 Å². The number of amides is 1. The molecule has 1 aromatic rings. The van der Waals surface area contributed by atoms with E-state index in [1.165, 1.54) is 0 Å². The molecular formula is C16H23NO4. The van der Waals surface area contributed by atoms with Gasteiger partial charge in [0.1, 0.15) is 5.75 Å². The highest BCUT2D eigenvalue weighted by atomic mass is 16.5. The van der Waals surface area contributed by atoms with Crippen molar-refractivity contribution in [3.05, 3.63) is 24.3 Å². The van der Waals surface area contributed by atoms with Crippen molar-refractivity contribution in [2.24, 2.45) is 0 Å². The third kappa shape index (κ3) is 7.34. The molecule has 0 aliphatic heterocycles. The highest BCUT2D eigenvalue weighted by molar-refractivity contribution is 5.92. The third-order valence-electron chi connectivity index (χ3n) is 2.43. The Kier molecular flexibility index (Phi) is 6.72. The number of nitrogens with one attached hydrogen (secondary N) is 1. The van der Waals surface area contributed by atoms with Crippen LogP contribution in [0, 0.1) is 0 Å². The Morgan fingerprint density at radius 1 is 1.00 bits per heavy atom. The van der Waals surface area contributed by atoms with Crippen LogP contribution in [0.25, 0.3) is 0 Å². The molecule has 1 amide bonds.